The Labute approximate surface area is 220 Å². The van der Waals surface area contributed by atoms with Crippen LogP contribution in [-0.2, 0) is 0 Å². The van der Waals surface area contributed by atoms with Crippen LogP contribution in [0.15, 0.2) is 83.5 Å². The fourth-order valence-corrected chi connectivity index (χ4v) is 5.55. The lowest BCUT2D eigenvalue weighted by Crippen LogP contribution is -2.29. The van der Waals surface area contributed by atoms with Gasteiger partial charge < -0.3 is 19.7 Å². The van der Waals surface area contributed by atoms with Crippen LogP contribution in [0.4, 0.5) is 11.4 Å². The number of thiocarbonyl (C=S) groups is 1. The monoisotopic (exact) mass is 545 g/mol. The van der Waals surface area contributed by atoms with E-state index >= 15 is 0 Å². The molecule has 1 aliphatic heterocycles. The number of benzene rings is 2. The average molecular weight is 547 g/mol. The summed E-state index contributed by atoms with van der Waals surface area (Å²) in [6.45, 7) is 4.36. The molecule has 0 bridgehead atoms. The Kier molecular flexibility index (Phi) is 6.38. The topological polar surface area (TPSA) is 36.3 Å². The second-order valence-electron chi connectivity index (χ2n) is 9.05. The van der Waals surface area contributed by atoms with Gasteiger partial charge in [-0.1, -0.05) is 22.0 Å². The van der Waals surface area contributed by atoms with E-state index in [1.807, 2.05) is 18.3 Å². The number of pyridine rings is 1. The van der Waals surface area contributed by atoms with E-state index in [1.54, 1.807) is 0 Å². The van der Waals surface area contributed by atoms with Gasteiger partial charge in [0.15, 0.2) is 5.11 Å². The highest BCUT2D eigenvalue weighted by Gasteiger charge is 2.42. The first-order valence-electron chi connectivity index (χ1n) is 11.6. The molecule has 1 saturated heterocycles. The first-order chi connectivity index (χ1) is 16.8. The van der Waals surface area contributed by atoms with Crippen molar-refractivity contribution in [2.24, 2.45) is 0 Å². The van der Waals surface area contributed by atoms with Crippen molar-refractivity contribution in [3.63, 3.8) is 0 Å². The van der Waals surface area contributed by atoms with Crippen LogP contribution in [0, 0.1) is 13.8 Å². The molecule has 1 fully saturated rings. The fraction of sp³-hybridized carbons (Fsp3) is 0.214. The number of aromatic nitrogens is 2. The van der Waals surface area contributed by atoms with Crippen molar-refractivity contribution in [3.8, 4) is 5.69 Å². The Balaban J connectivity index is 1.64. The number of hydrogen-bond acceptors (Lipinski definition) is 3. The maximum atomic E-state index is 5.89. The molecule has 0 aliphatic carbocycles. The molecule has 1 aliphatic rings. The van der Waals surface area contributed by atoms with Gasteiger partial charge in [0, 0.05) is 53.2 Å². The molecule has 3 heterocycles. The lowest BCUT2D eigenvalue weighted by atomic mass is 9.96. The summed E-state index contributed by atoms with van der Waals surface area (Å²) in [5, 5.41) is 4.27. The van der Waals surface area contributed by atoms with Gasteiger partial charge in [-0.05, 0) is 98.4 Å². The number of halogens is 1. The lowest BCUT2D eigenvalue weighted by Gasteiger charge is -2.28. The first-order valence-corrected chi connectivity index (χ1v) is 12.8. The minimum Gasteiger partial charge on any atom is -0.378 e. The largest absolute Gasteiger partial charge is 0.378 e. The van der Waals surface area contributed by atoms with Gasteiger partial charge in [-0.3, -0.25) is 4.98 Å². The molecule has 178 valence electrons. The summed E-state index contributed by atoms with van der Waals surface area (Å²) in [4.78, 5) is 9.03. The predicted molar refractivity (Wildman–Crippen MR) is 152 cm³/mol. The zero-order chi connectivity index (χ0) is 24.7. The van der Waals surface area contributed by atoms with E-state index < -0.39 is 0 Å². The maximum absolute atomic E-state index is 5.89. The maximum Gasteiger partial charge on any atom is 0.174 e. The van der Waals surface area contributed by atoms with Crippen molar-refractivity contribution < 1.29 is 0 Å². The summed E-state index contributed by atoms with van der Waals surface area (Å²) in [6, 6.07) is 25.2. The van der Waals surface area contributed by atoms with Gasteiger partial charge in [-0.2, -0.15) is 0 Å². The van der Waals surface area contributed by atoms with Gasteiger partial charge in [0.1, 0.15) is 0 Å². The van der Waals surface area contributed by atoms with E-state index in [-0.39, 0.29) is 12.1 Å². The summed E-state index contributed by atoms with van der Waals surface area (Å²) in [7, 11) is 4.12. The van der Waals surface area contributed by atoms with Crippen LogP contribution in [0.2, 0.25) is 0 Å². The second-order valence-corrected chi connectivity index (χ2v) is 10.3. The summed E-state index contributed by atoms with van der Waals surface area (Å²) in [5.74, 6) is 0. The molecule has 0 spiro atoms. The summed E-state index contributed by atoms with van der Waals surface area (Å²) < 4.78 is 3.36. The van der Waals surface area contributed by atoms with Crippen LogP contribution in [0.3, 0.4) is 0 Å². The number of nitrogens with zero attached hydrogens (tertiary/aromatic N) is 4. The van der Waals surface area contributed by atoms with Gasteiger partial charge >= 0.3 is 0 Å². The Morgan fingerprint density at radius 3 is 2.26 bits per heavy atom. The van der Waals surface area contributed by atoms with E-state index in [1.165, 1.54) is 22.6 Å². The van der Waals surface area contributed by atoms with Crippen molar-refractivity contribution >= 4 is 44.6 Å². The molecule has 5 rings (SSSR count). The van der Waals surface area contributed by atoms with Crippen LogP contribution >= 0.6 is 28.1 Å². The minimum atomic E-state index is -0.0718. The van der Waals surface area contributed by atoms with E-state index in [2.05, 4.69) is 129 Å². The summed E-state index contributed by atoms with van der Waals surface area (Å²) in [6.07, 6.45) is 1.84. The van der Waals surface area contributed by atoms with Gasteiger partial charge in [0.05, 0.1) is 17.8 Å². The lowest BCUT2D eigenvalue weighted by molar-refractivity contribution is 0.565. The van der Waals surface area contributed by atoms with Crippen molar-refractivity contribution in [2.75, 3.05) is 23.9 Å². The minimum absolute atomic E-state index is 0.0421. The van der Waals surface area contributed by atoms with Gasteiger partial charge in [-0.25, -0.2) is 0 Å². The zero-order valence-electron chi connectivity index (χ0n) is 20.2. The molecule has 7 heteroatoms. The molecule has 35 heavy (non-hydrogen) atoms. The molecule has 2 unspecified atom stereocenters. The van der Waals surface area contributed by atoms with Crippen LogP contribution in [0.5, 0.6) is 0 Å². The number of rotatable bonds is 5. The number of anilines is 2. The molecule has 2 aromatic heterocycles. The molecule has 2 atom stereocenters. The van der Waals surface area contributed by atoms with Gasteiger partial charge in [0.2, 0.25) is 0 Å². The van der Waals surface area contributed by atoms with Gasteiger partial charge in [-0.15, -0.1) is 0 Å². The van der Waals surface area contributed by atoms with E-state index in [0.29, 0.717) is 5.11 Å². The Morgan fingerprint density at radius 1 is 0.943 bits per heavy atom. The third-order valence-electron chi connectivity index (χ3n) is 6.62. The molecule has 0 radical (unpaired) electrons. The highest BCUT2D eigenvalue weighted by atomic mass is 79.9. The quantitative estimate of drug-likeness (QED) is 0.290. The van der Waals surface area contributed by atoms with E-state index in [9.17, 15) is 0 Å². The van der Waals surface area contributed by atoms with Crippen LogP contribution in [0.25, 0.3) is 5.69 Å². The molecule has 0 amide bonds. The third-order valence-corrected chi connectivity index (χ3v) is 7.46. The number of aryl methyl sites for hydroxylation is 1. The molecule has 5 nitrogen and oxygen atoms in total. The molecule has 4 aromatic rings. The Morgan fingerprint density at radius 2 is 1.63 bits per heavy atom. The third kappa shape index (κ3) is 4.34. The highest BCUT2D eigenvalue weighted by molar-refractivity contribution is 9.10. The van der Waals surface area contributed by atoms with Crippen molar-refractivity contribution in [1.29, 1.82) is 0 Å². The Bertz CT molecular complexity index is 1350. The molecular formula is C28H28BrN5S. The van der Waals surface area contributed by atoms with Crippen molar-refractivity contribution in [2.45, 2.75) is 25.9 Å². The zero-order valence-corrected chi connectivity index (χ0v) is 22.6. The van der Waals surface area contributed by atoms with Crippen LogP contribution in [0.1, 0.15) is 34.7 Å². The van der Waals surface area contributed by atoms with Crippen molar-refractivity contribution in [3.05, 3.63) is 106 Å². The SMILES string of the molecule is Cc1cc(C2C(c3ccccn3)NC(=S)N2c2ccc(Br)cc2)c(C)n1-c1ccc(N(C)C)cc1. The first kappa shape index (κ1) is 23.6. The van der Waals surface area contributed by atoms with Crippen LogP contribution < -0.4 is 15.1 Å². The van der Waals surface area contributed by atoms with E-state index in [0.717, 1.165) is 21.5 Å². The predicted octanol–water partition coefficient (Wildman–Crippen LogP) is 6.49. The molecule has 1 N–H and O–H groups in total. The van der Waals surface area contributed by atoms with Crippen LogP contribution in [-0.4, -0.2) is 28.8 Å². The van der Waals surface area contributed by atoms with E-state index in [4.69, 9.17) is 12.2 Å². The second kappa shape index (κ2) is 9.47. The number of nitrogens with one attached hydrogen (secondary N) is 1. The summed E-state index contributed by atoms with van der Waals surface area (Å²) in [5.41, 5.74) is 7.95. The Hall–Kier alpha value is -3.16. The molecule has 2 aromatic carbocycles. The molecular weight excluding hydrogens is 518 g/mol. The van der Waals surface area contributed by atoms with Gasteiger partial charge in [0.25, 0.3) is 0 Å². The summed E-state index contributed by atoms with van der Waals surface area (Å²) >= 11 is 9.45. The fourth-order valence-electron chi connectivity index (χ4n) is 4.93. The smallest absolute Gasteiger partial charge is 0.174 e. The molecule has 0 saturated carbocycles. The standard InChI is InChI=1S/C28H28BrN5S/c1-18-17-24(19(2)33(18)22-14-12-21(13-15-22)32(3)4)27-26(25-7-5-6-16-30-25)31-28(35)34(27)23-10-8-20(29)9-11-23/h5-17,26-27H,1-4H3,(H,31,35). The average Bonchev–Trinajstić information content (AvgIpc) is 3.35. The van der Waals surface area contributed by atoms with Crippen molar-refractivity contribution in [1.82, 2.24) is 14.9 Å². The highest BCUT2D eigenvalue weighted by Crippen LogP contribution is 2.44. The normalized spacial score (nSPS) is 17.5. The number of hydrogen-bond donors (Lipinski definition) is 1.